The van der Waals surface area contributed by atoms with E-state index in [1.54, 1.807) is 12.5 Å². The van der Waals surface area contributed by atoms with Gasteiger partial charge in [0.25, 0.3) is 5.91 Å². The molecule has 2 aromatic heterocycles. The summed E-state index contributed by atoms with van der Waals surface area (Å²) in [4.78, 5) is 26.3. The van der Waals surface area contributed by atoms with Crippen LogP contribution in [0.1, 0.15) is 28.8 Å². The standard InChI is InChI=1S/C19H20N4O/c24-19(16-5-6-17-18(10-16)22-13-21-17)23-8-2-4-15(12-23)9-14-3-1-7-20-11-14/h1,3,5-7,10-11,13,15H,2,4,8-9,12H2,(H,21,22)/t15-/m1/s1. The molecule has 1 atom stereocenters. The zero-order chi connectivity index (χ0) is 16.4. The van der Waals surface area contributed by atoms with Crippen LogP contribution in [-0.2, 0) is 6.42 Å². The largest absolute Gasteiger partial charge is 0.345 e. The number of hydrogen-bond acceptors (Lipinski definition) is 3. The molecule has 1 amide bonds. The molecule has 122 valence electrons. The van der Waals surface area contributed by atoms with Gasteiger partial charge < -0.3 is 9.88 Å². The Morgan fingerprint density at radius 3 is 3.17 bits per heavy atom. The summed E-state index contributed by atoms with van der Waals surface area (Å²) in [5, 5.41) is 0. The van der Waals surface area contributed by atoms with Gasteiger partial charge in [0.05, 0.1) is 17.4 Å². The zero-order valence-corrected chi connectivity index (χ0v) is 13.5. The van der Waals surface area contributed by atoms with Crippen LogP contribution in [0.25, 0.3) is 11.0 Å². The number of likely N-dealkylation sites (tertiary alicyclic amines) is 1. The number of fused-ring (bicyclic) bond motifs is 1. The number of nitrogens with zero attached hydrogens (tertiary/aromatic N) is 3. The van der Waals surface area contributed by atoms with Gasteiger partial charge in [-0.2, -0.15) is 0 Å². The Balaban J connectivity index is 1.47. The molecule has 0 spiro atoms. The molecular formula is C19H20N4O. The van der Waals surface area contributed by atoms with E-state index in [0.717, 1.165) is 48.9 Å². The fraction of sp³-hybridized carbons (Fsp3) is 0.316. The van der Waals surface area contributed by atoms with Crippen molar-refractivity contribution < 1.29 is 4.79 Å². The number of hydrogen-bond donors (Lipinski definition) is 1. The molecule has 5 heteroatoms. The summed E-state index contributed by atoms with van der Waals surface area (Å²) < 4.78 is 0. The Bertz CT molecular complexity index is 843. The quantitative estimate of drug-likeness (QED) is 0.807. The van der Waals surface area contributed by atoms with Crippen LogP contribution >= 0.6 is 0 Å². The number of rotatable bonds is 3. The lowest BCUT2D eigenvalue weighted by Crippen LogP contribution is -2.40. The summed E-state index contributed by atoms with van der Waals surface area (Å²) in [5.74, 6) is 0.616. The van der Waals surface area contributed by atoms with E-state index in [1.165, 1.54) is 5.56 Å². The highest BCUT2D eigenvalue weighted by Crippen LogP contribution is 2.23. The summed E-state index contributed by atoms with van der Waals surface area (Å²) >= 11 is 0. The van der Waals surface area contributed by atoms with Crippen molar-refractivity contribution in [3.05, 3.63) is 60.2 Å². The molecule has 1 N–H and O–H groups in total. The Labute approximate surface area is 140 Å². The Morgan fingerprint density at radius 2 is 2.29 bits per heavy atom. The molecule has 4 rings (SSSR count). The monoisotopic (exact) mass is 320 g/mol. The van der Waals surface area contributed by atoms with Gasteiger partial charge in [0.2, 0.25) is 0 Å². The second-order valence-corrected chi connectivity index (χ2v) is 6.46. The molecule has 1 aliphatic heterocycles. The van der Waals surface area contributed by atoms with E-state index in [4.69, 9.17) is 0 Å². The third-order valence-electron chi connectivity index (χ3n) is 4.72. The van der Waals surface area contributed by atoms with E-state index in [1.807, 2.05) is 35.4 Å². The van der Waals surface area contributed by atoms with E-state index in [9.17, 15) is 4.79 Å². The zero-order valence-electron chi connectivity index (χ0n) is 13.5. The molecule has 0 radical (unpaired) electrons. The average Bonchev–Trinajstić information content (AvgIpc) is 3.10. The summed E-state index contributed by atoms with van der Waals surface area (Å²) in [6.45, 7) is 1.65. The lowest BCUT2D eigenvalue weighted by Gasteiger charge is -2.33. The maximum Gasteiger partial charge on any atom is 0.253 e. The van der Waals surface area contributed by atoms with Gasteiger partial charge in [0, 0.05) is 31.0 Å². The number of carbonyl (C=O) groups excluding carboxylic acids is 1. The highest BCUT2D eigenvalue weighted by atomic mass is 16.2. The van der Waals surface area contributed by atoms with E-state index in [-0.39, 0.29) is 5.91 Å². The summed E-state index contributed by atoms with van der Waals surface area (Å²) in [6.07, 6.45) is 8.58. The van der Waals surface area contributed by atoms with Gasteiger partial charge in [-0.25, -0.2) is 4.98 Å². The molecule has 1 aliphatic rings. The van der Waals surface area contributed by atoms with Crippen LogP contribution in [0.4, 0.5) is 0 Å². The molecule has 1 saturated heterocycles. The minimum atomic E-state index is 0.113. The van der Waals surface area contributed by atoms with Crippen LogP contribution in [0.2, 0.25) is 0 Å². The van der Waals surface area contributed by atoms with Crippen LogP contribution in [-0.4, -0.2) is 38.8 Å². The number of carbonyl (C=O) groups is 1. The molecular weight excluding hydrogens is 300 g/mol. The summed E-state index contributed by atoms with van der Waals surface area (Å²) in [6, 6.07) is 9.75. The molecule has 0 aliphatic carbocycles. The topological polar surface area (TPSA) is 61.9 Å². The molecule has 1 aromatic carbocycles. The fourth-order valence-electron chi connectivity index (χ4n) is 3.52. The first-order chi connectivity index (χ1) is 11.8. The molecule has 0 bridgehead atoms. The number of aromatic amines is 1. The van der Waals surface area contributed by atoms with Crippen LogP contribution in [0.3, 0.4) is 0 Å². The molecule has 5 nitrogen and oxygen atoms in total. The number of piperidine rings is 1. The van der Waals surface area contributed by atoms with Crippen LogP contribution in [0.15, 0.2) is 49.1 Å². The van der Waals surface area contributed by atoms with E-state index in [0.29, 0.717) is 5.92 Å². The third kappa shape index (κ3) is 3.02. The minimum absolute atomic E-state index is 0.113. The van der Waals surface area contributed by atoms with Crippen LogP contribution in [0.5, 0.6) is 0 Å². The number of nitrogens with one attached hydrogen (secondary N) is 1. The number of H-pyrrole nitrogens is 1. The van der Waals surface area contributed by atoms with Gasteiger partial charge >= 0.3 is 0 Å². The predicted octanol–water partition coefficient (Wildman–Crippen LogP) is 3.05. The van der Waals surface area contributed by atoms with Crippen molar-refractivity contribution in [1.82, 2.24) is 19.9 Å². The van der Waals surface area contributed by atoms with Gasteiger partial charge in [-0.05, 0) is 55.0 Å². The normalized spacial score (nSPS) is 18.0. The Morgan fingerprint density at radius 1 is 1.33 bits per heavy atom. The van der Waals surface area contributed by atoms with E-state index >= 15 is 0 Å². The number of aromatic nitrogens is 3. The van der Waals surface area contributed by atoms with Gasteiger partial charge in [0.1, 0.15) is 0 Å². The summed E-state index contributed by atoms with van der Waals surface area (Å²) in [7, 11) is 0. The molecule has 0 saturated carbocycles. The first kappa shape index (κ1) is 14.9. The number of amides is 1. The average molecular weight is 320 g/mol. The van der Waals surface area contributed by atoms with Crippen molar-refractivity contribution in [2.45, 2.75) is 19.3 Å². The summed E-state index contributed by atoms with van der Waals surface area (Å²) in [5.41, 5.74) is 3.77. The molecule has 3 heterocycles. The number of benzene rings is 1. The van der Waals surface area contributed by atoms with Crippen molar-refractivity contribution in [3.8, 4) is 0 Å². The lowest BCUT2D eigenvalue weighted by molar-refractivity contribution is 0.0673. The van der Waals surface area contributed by atoms with E-state index < -0.39 is 0 Å². The van der Waals surface area contributed by atoms with Gasteiger partial charge in [-0.1, -0.05) is 6.07 Å². The third-order valence-corrected chi connectivity index (χ3v) is 4.72. The number of imidazole rings is 1. The van der Waals surface area contributed by atoms with Crippen LogP contribution < -0.4 is 0 Å². The molecule has 3 aromatic rings. The first-order valence-electron chi connectivity index (χ1n) is 8.41. The van der Waals surface area contributed by atoms with Crippen molar-refractivity contribution in [2.75, 3.05) is 13.1 Å². The van der Waals surface area contributed by atoms with Gasteiger partial charge in [-0.15, -0.1) is 0 Å². The smallest absolute Gasteiger partial charge is 0.253 e. The highest BCUT2D eigenvalue weighted by molar-refractivity contribution is 5.97. The molecule has 24 heavy (non-hydrogen) atoms. The highest BCUT2D eigenvalue weighted by Gasteiger charge is 2.24. The second kappa shape index (κ2) is 6.43. The molecule has 0 unspecified atom stereocenters. The van der Waals surface area contributed by atoms with Crippen molar-refractivity contribution >= 4 is 16.9 Å². The first-order valence-corrected chi connectivity index (χ1v) is 8.41. The Hall–Kier alpha value is -2.69. The van der Waals surface area contributed by atoms with Gasteiger partial charge in [0.15, 0.2) is 0 Å². The SMILES string of the molecule is O=C(c1ccc2nc[nH]c2c1)N1CCC[C@H](Cc2cccnc2)C1. The van der Waals surface area contributed by atoms with E-state index in [2.05, 4.69) is 21.0 Å². The Kier molecular flexibility index (Phi) is 3.99. The van der Waals surface area contributed by atoms with Gasteiger partial charge in [-0.3, -0.25) is 9.78 Å². The van der Waals surface area contributed by atoms with Crippen molar-refractivity contribution in [1.29, 1.82) is 0 Å². The predicted molar refractivity (Wildman–Crippen MR) is 92.7 cm³/mol. The van der Waals surface area contributed by atoms with Crippen molar-refractivity contribution in [3.63, 3.8) is 0 Å². The lowest BCUT2D eigenvalue weighted by atomic mass is 9.91. The molecule has 1 fully saturated rings. The number of pyridine rings is 1. The van der Waals surface area contributed by atoms with Crippen molar-refractivity contribution in [2.24, 2.45) is 5.92 Å². The van der Waals surface area contributed by atoms with Crippen LogP contribution in [0, 0.1) is 5.92 Å². The second-order valence-electron chi connectivity index (χ2n) is 6.46. The maximum absolute atomic E-state index is 12.8. The fourth-order valence-corrected chi connectivity index (χ4v) is 3.52. The minimum Gasteiger partial charge on any atom is -0.345 e. The maximum atomic E-state index is 12.8.